The molecule has 2 aliphatic rings. The third-order valence-corrected chi connectivity index (χ3v) is 5.42. The molecule has 2 amide bonds. The fourth-order valence-corrected chi connectivity index (χ4v) is 4.01. The quantitative estimate of drug-likeness (QED) is 0.876. The highest BCUT2D eigenvalue weighted by molar-refractivity contribution is 6.30. The molecule has 0 aromatic heterocycles. The van der Waals surface area contributed by atoms with Crippen molar-refractivity contribution in [3.8, 4) is 0 Å². The van der Waals surface area contributed by atoms with Crippen LogP contribution < -0.4 is 5.32 Å². The molecule has 1 heterocycles. The molecule has 0 unspecified atom stereocenters. The van der Waals surface area contributed by atoms with Crippen molar-refractivity contribution in [1.82, 2.24) is 10.2 Å². The van der Waals surface area contributed by atoms with E-state index in [-0.39, 0.29) is 36.7 Å². The van der Waals surface area contributed by atoms with Gasteiger partial charge in [-0.2, -0.15) is 0 Å². The van der Waals surface area contributed by atoms with E-state index in [1.54, 1.807) is 24.1 Å². The minimum atomic E-state index is -0.881. The zero-order valence-electron chi connectivity index (χ0n) is 13.8. The van der Waals surface area contributed by atoms with Crippen molar-refractivity contribution in [3.05, 3.63) is 34.9 Å². The zero-order valence-corrected chi connectivity index (χ0v) is 14.6. The standard InChI is InChI=1S/C18H23ClN2O3/c1-21-16(23)10-14(17(21)12-4-6-13(19)7-5-12)20-15(22)11-18(24)8-2-3-9-18/h4-7,14,17,24H,2-3,8-11H2,1H3,(H,20,22)/t14-,17+/m0/s1. The maximum absolute atomic E-state index is 12.4. The SMILES string of the molecule is CN1C(=O)C[C@H](NC(=O)CC2(O)CCCC2)[C@H]1c1ccc(Cl)cc1. The van der Waals surface area contributed by atoms with Gasteiger partial charge in [-0.05, 0) is 30.5 Å². The molecular formula is C18H23ClN2O3. The summed E-state index contributed by atoms with van der Waals surface area (Å²) in [5.74, 6) is -0.189. The Morgan fingerprint density at radius 3 is 2.58 bits per heavy atom. The number of benzene rings is 1. The van der Waals surface area contributed by atoms with Crippen molar-refractivity contribution in [2.75, 3.05) is 7.05 Å². The van der Waals surface area contributed by atoms with Gasteiger partial charge in [0.1, 0.15) is 0 Å². The maximum Gasteiger partial charge on any atom is 0.225 e. The minimum Gasteiger partial charge on any atom is -0.389 e. The van der Waals surface area contributed by atoms with Crippen LogP contribution in [0.4, 0.5) is 0 Å². The molecule has 0 radical (unpaired) electrons. The van der Waals surface area contributed by atoms with E-state index in [1.165, 1.54) is 0 Å². The van der Waals surface area contributed by atoms with Crippen LogP contribution >= 0.6 is 11.6 Å². The molecule has 1 saturated carbocycles. The molecule has 2 N–H and O–H groups in total. The number of nitrogens with one attached hydrogen (secondary N) is 1. The number of likely N-dealkylation sites (tertiary alicyclic amines) is 1. The van der Waals surface area contributed by atoms with E-state index in [2.05, 4.69) is 5.32 Å². The van der Waals surface area contributed by atoms with Gasteiger partial charge in [-0.3, -0.25) is 9.59 Å². The van der Waals surface area contributed by atoms with Crippen molar-refractivity contribution in [3.63, 3.8) is 0 Å². The predicted octanol–water partition coefficient (Wildman–Crippen LogP) is 2.42. The second-order valence-corrected chi connectivity index (χ2v) is 7.42. The van der Waals surface area contributed by atoms with Crippen LogP contribution in [-0.4, -0.2) is 40.5 Å². The molecule has 1 aliphatic heterocycles. The molecule has 24 heavy (non-hydrogen) atoms. The van der Waals surface area contributed by atoms with E-state index in [9.17, 15) is 14.7 Å². The summed E-state index contributed by atoms with van der Waals surface area (Å²) in [6.45, 7) is 0. The average Bonchev–Trinajstić information content (AvgIpc) is 3.05. The molecule has 0 spiro atoms. The molecule has 1 aromatic carbocycles. The van der Waals surface area contributed by atoms with Crippen LogP contribution in [0.5, 0.6) is 0 Å². The highest BCUT2D eigenvalue weighted by Gasteiger charge is 2.40. The van der Waals surface area contributed by atoms with E-state index < -0.39 is 5.60 Å². The molecule has 6 heteroatoms. The number of hydrogen-bond acceptors (Lipinski definition) is 3. The summed E-state index contributed by atoms with van der Waals surface area (Å²) in [4.78, 5) is 26.2. The van der Waals surface area contributed by atoms with Gasteiger partial charge in [0, 0.05) is 18.5 Å². The number of likely N-dealkylation sites (N-methyl/N-ethyl adjacent to an activating group) is 1. The fourth-order valence-electron chi connectivity index (χ4n) is 3.88. The maximum atomic E-state index is 12.4. The van der Waals surface area contributed by atoms with Gasteiger partial charge in [0.25, 0.3) is 0 Å². The van der Waals surface area contributed by atoms with Crippen LogP contribution in [-0.2, 0) is 9.59 Å². The second kappa shape index (κ2) is 6.73. The zero-order chi connectivity index (χ0) is 17.3. The molecule has 1 aliphatic carbocycles. The fraction of sp³-hybridized carbons (Fsp3) is 0.556. The van der Waals surface area contributed by atoms with Gasteiger partial charge in [0.15, 0.2) is 0 Å². The molecule has 3 rings (SSSR count). The van der Waals surface area contributed by atoms with Crippen LogP contribution in [0.2, 0.25) is 5.02 Å². The third kappa shape index (κ3) is 3.57. The lowest BCUT2D eigenvalue weighted by Crippen LogP contribution is -2.42. The number of amides is 2. The predicted molar refractivity (Wildman–Crippen MR) is 91.5 cm³/mol. The van der Waals surface area contributed by atoms with Crippen molar-refractivity contribution in [1.29, 1.82) is 0 Å². The van der Waals surface area contributed by atoms with Gasteiger partial charge in [-0.25, -0.2) is 0 Å². The summed E-state index contributed by atoms with van der Waals surface area (Å²) in [6.07, 6.45) is 3.64. The van der Waals surface area contributed by atoms with Crippen molar-refractivity contribution < 1.29 is 14.7 Å². The molecule has 2 fully saturated rings. The van der Waals surface area contributed by atoms with Gasteiger partial charge in [-0.1, -0.05) is 36.6 Å². The monoisotopic (exact) mass is 350 g/mol. The topological polar surface area (TPSA) is 69.6 Å². The van der Waals surface area contributed by atoms with Gasteiger partial charge in [0.2, 0.25) is 11.8 Å². The summed E-state index contributed by atoms with van der Waals surface area (Å²) < 4.78 is 0. The molecular weight excluding hydrogens is 328 g/mol. The summed E-state index contributed by atoms with van der Waals surface area (Å²) in [5.41, 5.74) is 0.0617. The normalized spacial score (nSPS) is 26.0. The lowest BCUT2D eigenvalue weighted by Gasteiger charge is -2.27. The largest absolute Gasteiger partial charge is 0.389 e. The van der Waals surface area contributed by atoms with E-state index >= 15 is 0 Å². The first-order chi connectivity index (χ1) is 11.4. The van der Waals surface area contributed by atoms with Gasteiger partial charge in [-0.15, -0.1) is 0 Å². The molecule has 130 valence electrons. The Hall–Kier alpha value is -1.59. The number of nitrogens with zero attached hydrogens (tertiary/aromatic N) is 1. The van der Waals surface area contributed by atoms with Crippen molar-refractivity contribution in [2.24, 2.45) is 0 Å². The van der Waals surface area contributed by atoms with Crippen molar-refractivity contribution >= 4 is 23.4 Å². The highest BCUT2D eigenvalue weighted by atomic mass is 35.5. The smallest absolute Gasteiger partial charge is 0.225 e. The Kier molecular flexibility index (Phi) is 4.83. The molecule has 1 saturated heterocycles. The minimum absolute atomic E-state index is 0.000159. The number of halogens is 1. The summed E-state index contributed by atoms with van der Waals surface area (Å²) in [7, 11) is 1.75. The van der Waals surface area contributed by atoms with Crippen LogP contribution in [0.15, 0.2) is 24.3 Å². The Balaban J connectivity index is 1.71. The van der Waals surface area contributed by atoms with Gasteiger partial charge >= 0.3 is 0 Å². The highest BCUT2D eigenvalue weighted by Crippen LogP contribution is 2.34. The number of carbonyl (C=O) groups is 2. The Morgan fingerprint density at radius 2 is 1.96 bits per heavy atom. The van der Waals surface area contributed by atoms with Crippen molar-refractivity contribution in [2.45, 2.75) is 56.2 Å². The third-order valence-electron chi connectivity index (χ3n) is 5.17. The number of aliphatic hydroxyl groups is 1. The Labute approximate surface area is 147 Å². The second-order valence-electron chi connectivity index (χ2n) is 6.99. The average molecular weight is 351 g/mol. The summed E-state index contributed by atoms with van der Waals surface area (Å²) in [6, 6.07) is 6.83. The summed E-state index contributed by atoms with van der Waals surface area (Å²) in [5, 5.41) is 14.0. The first-order valence-electron chi connectivity index (χ1n) is 8.41. The first-order valence-corrected chi connectivity index (χ1v) is 8.79. The van der Waals surface area contributed by atoms with E-state index in [0.717, 1.165) is 18.4 Å². The number of hydrogen-bond donors (Lipinski definition) is 2. The lowest BCUT2D eigenvalue weighted by molar-refractivity contribution is -0.128. The number of rotatable bonds is 4. The molecule has 0 bridgehead atoms. The van der Waals surface area contributed by atoms with Crippen LogP contribution in [0.25, 0.3) is 0 Å². The molecule has 1 aromatic rings. The van der Waals surface area contributed by atoms with E-state index in [0.29, 0.717) is 17.9 Å². The number of carbonyl (C=O) groups excluding carboxylic acids is 2. The lowest BCUT2D eigenvalue weighted by atomic mass is 9.96. The Bertz CT molecular complexity index is 626. The van der Waals surface area contributed by atoms with Crippen LogP contribution in [0.1, 0.15) is 50.1 Å². The van der Waals surface area contributed by atoms with Gasteiger partial charge in [0.05, 0.1) is 24.1 Å². The van der Waals surface area contributed by atoms with E-state index in [1.807, 2.05) is 12.1 Å². The molecule has 5 nitrogen and oxygen atoms in total. The first kappa shape index (κ1) is 17.2. The van der Waals surface area contributed by atoms with Crippen LogP contribution in [0, 0.1) is 0 Å². The molecule has 2 atom stereocenters. The van der Waals surface area contributed by atoms with Gasteiger partial charge < -0.3 is 15.3 Å². The summed E-state index contributed by atoms with van der Waals surface area (Å²) >= 11 is 5.94. The van der Waals surface area contributed by atoms with Crippen LogP contribution in [0.3, 0.4) is 0 Å². The Morgan fingerprint density at radius 1 is 1.33 bits per heavy atom. The van der Waals surface area contributed by atoms with E-state index in [4.69, 9.17) is 11.6 Å².